The fourth-order valence-electron chi connectivity index (χ4n) is 3.06. The SMILES string of the molecule is CC(C)NC(=O)C(C)N(Cc1c(Cl)cccc1Cl)C(=O)CN(c1ccc(F)cc1)S(C)(=O)=O. The van der Waals surface area contributed by atoms with Gasteiger partial charge in [0, 0.05) is 28.2 Å². The van der Waals surface area contributed by atoms with Crippen LogP contribution in [0.1, 0.15) is 26.3 Å². The normalized spacial score (nSPS) is 12.4. The van der Waals surface area contributed by atoms with E-state index in [1.807, 2.05) is 0 Å². The summed E-state index contributed by atoms with van der Waals surface area (Å²) in [5.41, 5.74) is 0.535. The summed E-state index contributed by atoms with van der Waals surface area (Å²) in [5, 5.41) is 3.34. The first-order valence-corrected chi connectivity index (χ1v) is 12.7. The number of anilines is 1. The average Bonchev–Trinajstić information content (AvgIpc) is 2.70. The predicted octanol–water partition coefficient (Wildman–Crippen LogP) is 3.84. The molecule has 2 aromatic carbocycles. The van der Waals surface area contributed by atoms with Gasteiger partial charge in [-0.05, 0) is 57.2 Å². The summed E-state index contributed by atoms with van der Waals surface area (Å²) in [6, 6.07) is 8.43. The Balaban J connectivity index is 2.44. The molecule has 0 aromatic heterocycles. The molecule has 0 bridgehead atoms. The molecule has 0 heterocycles. The molecule has 0 aliphatic rings. The largest absolute Gasteiger partial charge is 0.352 e. The molecule has 33 heavy (non-hydrogen) atoms. The lowest BCUT2D eigenvalue weighted by molar-refractivity contribution is -0.139. The summed E-state index contributed by atoms with van der Waals surface area (Å²) in [7, 11) is -3.90. The number of carbonyl (C=O) groups is 2. The van der Waals surface area contributed by atoms with Gasteiger partial charge in [-0.2, -0.15) is 0 Å². The van der Waals surface area contributed by atoms with Crippen molar-refractivity contribution in [3.63, 3.8) is 0 Å². The molecule has 1 unspecified atom stereocenters. The molecule has 1 N–H and O–H groups in total. The maximum Gasteiger partial charge on any atom is 0.244 e. The van der Waals surface area contributed by atoms with Crippen LogP contribution in [0, 0.1) is 5.82 Å². The van der Waals surface area contributed by atoms with Crippen molar-refractivity contribution >= 4 is 50.7 Å². The Hall–Kier alpha value is -2.36. The summed E-state index contributed by atoms with van der Waals surface area (Å²) in [6.45, 7) is 4.36. The lowest BCUT2D eigenvalue weighted by Crippen LogP contribution is -2.52. The second-order valence-corrected chi connectivity index (χ2v) is 10.5. The van der Waals surface area contributed by atoms with Gasteiger partial charge in [0.15, 0.2) is 0 Å². The van der Waals surface area contributed by atoms with Gasteiger partial charge in [0.2, 0.25) is 21.8 Å². The van der Waals surface area contributed by atoms with Gasteiger partial charge in [-0.25, -0.2) is 12.8 Å². The maximum absolute atomic E-state index is 13.4. The Labute approximate surface area is 203 Å². The number of amides is 2. The highest BCUT2D eigenvalue weighted by molar-refractivity contribution is 7.92. The van der Waals surface area contributed by atoms with Gasteiger partial charge < -0.3 is 10.2 Å². The highest BCUT2D eigenvalue weighted by atomic mass is 35.5. The molecular formula is C22H26Cl2FN3O4S. The van der Waals surface area contributed by atoms with E-state index in [2.05, 4.69) is 5.32 Å². The molecule has 180 valence electrons. The second-order valence-electron chi connectivity index (χ2n) is 7.81. The number of nitrogens with zero attached hydrogens (tertiary/aromatic N) is 2. The van der Waals surface area contributed by atoms with Crippen LogP contribution in [0.3, 0.4) is 0 Å². The number of benzene rings is 2. The van der Waals surface area contributed by atoms with E-state index in [9.17, 15) is 22.4 Å². The monoisotopic (exact) mass is 517 g/mol. The number of halogens is 3. The van der Waals surface area contributed by atoms with Crippen LogP contribution in [0.2, 0.25) is 10.0 Å². The lowest BCUT2D eigenvalue weighted by Gasteiger charge is -2.32. The molecule has 2 amide bonds. The lowest BCUT2D eigenvalue weighted by atomic mass is 10.1. The van der Waals surface area contributed by atoms with E-state index in [-0.39, 0.29) is 18.3 Å². The van der Waals surface area contributed by atoms with E-state index in [0.29, 0.717) is 15.6 Å². The molecule has 11 heteroatoms. The molecule has 0 aliphatic carbocycles. The highest BCUT2D eigenvalue weighted by Crippen LogP contribution is 2.27. The van der Waals surface area contributed by atoms with Crippen molar-refractivity contribution in [3.05, 3.63) is 63.9 Å². The fraction of sp³-hybridized carbons (Fsp3) is 0.364. The van der Waals surface area contributed by atoms with Crippen LogP contribution in [-0.2, 0) is 26.2 Å². The van der Waals surface area contributed by atoms with Crippen molar-refractivity contribution in [2.24, 2.45) is 0 Å². The van der Waals surface area contributed by atoms with E-state index in [0.717, 1.165) is 22.7 Å². The number of hydrogen-bond donors (Lipinski definition) is 1. The van der Waals surface area contributed by atoms with E-state index in [1.54, 1.807) is 32.0 Å². The van der Waals surface area contributed by atoms with Gasteiger partial charge in [0.05, 0.1) is 11.9 Å². The van der Waals surface area contributed by atoms with E-state index < -0.39 is 40.2 Å². The third-order valence-electron chi connectivity index (χ3n) is 4.78. The Kier molecular flexibility index (Phi) is 9.11. The molecule has 2 rings (SSSR count). The van der Waals surface area contributed by atoms with Gasteiger partial charge in [0.1, 0.15) is 18.4 Å². The van der Waals surface area contributed by atoms with Gasteiger partial charge in [0.25, 0.3) is 0 Å². The molecule has 0 saturated heterocycles. The van der Waals surface area contributed by atoms with E-state index in [4.69, 9.17) is 23.2 Å². The van der Waals surface area contributed by atoms with Crippen molar-refractivity contribution in [1.82, 2.24) is 10.2 Å². The number of sulfonamides is 1. The summed E-state index contributed by atoms with van der Waals surface area (Å²) in [5.74, 6) is -1.63. The van der Waals surface area contributed by atoms with Crippen LogP contribution >= 0.6 is 23.2 Å². The van der Waals surface area contributed by atoms with Crippen molar-refractivity contribution in [1.29, 1.82) is 0 Å². The van der Waals surface area contributed by atoms with Crippen LogP contribution in [0.25, 0.3) is 0 Å². The number of nitrogens with one attached hydrogen (secondary N) is 1. The van der Waals surface area contributed by atoms with Crippen LogP contribution < -0.4 is 9.62 Å². The quantitative estimate of drug-likeness (QED) is 0.547. The maximum atomic E-state index is 13.4. The van der Waals surface area contributed by atoms with E-state index in [1.165, 1.54) is 24.0 Å². The van der Waals surface area contributed by atoms with Crippen LogP contribution in [-0.4, -0.2) is 50.0 Å². The topological polar surface area (TPSA) is 86.8 Å². The Morgan fingerprint density at radius 2 is 1.58 bits per heavy atom. The van der Waals surface area contributed by atoms with Gasteiger partial charge in [-0.3, -0.25) is 13.9 Å². The first-order valence-electron chi connectivity index (χ1n) is 10.1. The first-order chi connectivity index (χ1) is 15.3. The zero-order chi connectivity index (χ0) is 24.9. The minimum Gasteiger partial charge on any atom is -0.352 e. The Morgan fingerprint density at radius 1 is 1.03 bits per heavy atom. The molecule has 7 nitrogen and oxygen atoms in total. The smallest absolute Gasteiger partial charge is 0.244 e. The molecule has 0 radical (unpaired) electrons. The Morgan fingerprint density at radius 3 is 2.06 bits per heavy atom. The van der Waals surface area contributed by atoms with Gasteiger partial charge in [-0.1, -0.05) is 29.3 Å². The minimum atomic E-state index is -3.90. The van der Waals surface area contributed by atoms with Crippen LogP contribution in [0.5, 0.6) is 0 Å². The molecule has 0 spiro atoms. The minimum absolute atomic E-state index is 0.113. The van der Waals surface area contributed by atoms with E-state index >= 15 is 0 Å². The van der Waals surface area contributed by atoms with Crippen molar-refractivity contribution in [2.75, 3.05) is 17.1 Å². The summed E-state index contributed by atoms with van der Waals surface area (Å²) in [6.07, 6.45) is 0.938. The molecule has 0 saturated carbocycles. The summed E-state index contributed by atoms with van der Waals surface area (Å²) in [4.78, 5) is 27.3. The van der Waals surface area contributed by atoms with Gasteiger partial charge >= 0.3 is 0 Å². The number of carbonyl (C=O) groups excluding carboxylic acids is 2. The third-order valence-corrected chi connectivity index (χ3v) is 6.63. The van der Waals surface area contributed by atoms with Crippen molar-refractivity contribution in [2.45, 2.75) is 39.4 Å². The van der Waals surface area contributed by atoms with Crippen LogP contribution in [0.15, 0.2) is 42.5 Å². The third kappa shape index (κ3) is 7.31. The Bertz CT molecular complexity index is 1090. The highest BCUT2D eigenvalue weighted by Gasteiger charge is 2.31. The number of hydrogen-bond acceptors (Lipinski definition) is 4. The summed E-state index contributed by atoms with van der Waals surface area (Å²) < 4.78 is 39.1. The summed E-state index contributed by atoms with van der Waals surface area (Å²) >= 11 is 12.5. The average molecular weight is 518 g/mol. The first kappa shape index (κ1) is 26.9. The van der Waals surface area contributed by atoms with Crippen LogP contribution in [0.4, 0.5) is 10.1 Å². The molecule has 1 atom stereocenters. The zero-order valence-corrected chi connectivity index (χ0v) is 21.0. The standard InChI is InChI=1S/C22H26Cl2FN3O4S/c1-14(2)26-22(30)15(3)27(12-18-19(23)6-5-7-20(18)24)21(29)13-28(33(4,31)32)17-10-8-16(25)9-11-17/h5-11,14-15H,12-13H2,1-4H3,(H,26,30). The fourth-order valence-corrected chi connectivity index (χ4v) is 4.43. The zero-order valence-electron chi connectivity index (χ0n) is 18.7. The molecule has 0 aliphatic heterocycles. The van der Waals surface area contributed by atoms with Crippen molar-refractivity contribution < 1.29 is 22.4 Å². The molecule has 2 aromatic rings. The number of rotatable bonds is 9. The van der Waals surface area contributed by atoms with Crippen molar-refractivity contribution in [3.8, 4) is 0 Å². The second kappa shape index (κ2) is 11.2. The van der Waals surface area contributed by atoms with Gasteiger partial charge in [-0.15, -0.1) is 0 Å². The molecular weight excluding hydrogens is 492 g/mol. The molecule has 0 fully saturated rings. The predicted molar refractivity (Wildman–Crippen MR) is 128 cm³/mol.